The Kier molecular flexibility index (Phi) is 6.17. The molecule has 0 bridgehead atoms. The van der Waals surface area contributed by atoms with Crippen LogP contribution in [0.15, 0.2) is 0 Å². The first-order chi connectivity index (χ1) is 6.67. The van der Waals surface area contributed by atoms with Crippen LogP contribution in [0.25, 0.3) is 0 Å². The van der Waals surface area contributed by atoms with Gasteiger partial charge in [-0.2, -0.15) is 15.8 Å². The van der Waals surface area contributed by atoms with Gasteiger partial charge in [-0.1, -0.05) is 6.92 Å². The molecule has 0 rings (SSSR count). The van der Waals surface area contributed by atoms with Gasteiger partial charge in [0.25, 0.3) is 0 Å². The minimum absolute atomic E-state index is 0.0504. The Morgan fingerprint density at radius 3 is 1.86 bits per heavy atom. The van der Waals surface area contributed by atoms with Crippen molar-refractivity contribution < 1.29 is 0 Å². The van der Waals surface area contributed by atoms with Crippen molar-refractivity contribution in [3.63, 3.8) is 0 Å². The molecule has 0 spiro atoms. The molecule has 0 saturated heterocycles. The lowest BCUT2D eigenvalue weighted by Gasteiger charge is -2.12. The molecule has 0 aromatic rings. The molecule has 3 nitrogen and oxygen atoms in total. The van der Waals surface area contributed by atoms with Gasteiger partial charge in [0.1, 0.15) is 0 Å². The first-order valence-electron chi connectivity index (χ1n) is 4.86. The number of nitrogens with zero attached hydrogens (tertiary/aromatic N) is 3. The van der Waals surface area contributed by atoms with E-state index in [1.807, 2.05) is 6.92 Å². The molecule has 3 atom stereocenters. The zero-order valence-corrected chi connectivity index (χ0v) is 8.70. The molecule has 0 heterocycles. The van der Waals surface area contributed by atoms with E-state index >= 15 is 0 Å². The standard InChI is InChI=1S/C11H15N3/c1-3-10(7-13)5-11(8-14)4-9(2)6-12/h9-11H,3-5H2,1-2H3. The van der Waals surface area contributed by atoms with Gasteiger partial charge in [0, 0.05) is 17.8 Å². The van der Waals surface area contributed by atoms with Crippen LogP contribution >= 0.6 is 0 Å². The minimum atomic E-state index is -0.158. The predicted molar refractivity (Wildman–Crippen MR) is 52.5 cm³/mol. The van der Waals surface area contributed by atoms with E-state index in [9.17, 15) is 0 Å². The van der Waals surface area contributed by atoms with Gasteiger partial charge in [-0.3, -0.25) is 0 Å². The topological polar surface area (TPSA) is 71.4 Å². The van der Waals surface area contributed by atoms with Gasteiger partial charge in [0.05, 0.1) is 18.2 Å². The fourth-order valence-corrected chi connectivity index (χ4v) is 1.34. The average Bonchev–Trinajstić information content (AvgIpc) is 2.23. The molecular formula is C11H15N3. The highest BCUT2D eigenvalue weighted by atomic mass is 14.3. The Morgan fingerprint density at radius 2 is 1.50 bits per heavy atom. The van der Waals surface area contributed by atoms with Crippen molar-refractivity contribution in [1.29, 1.82) is 15.8 Å². The van der Waals surface area contributed by atoms with E-state index in [4.69, 9.17) is 15.8 Å². The molecule has 74 valence electrons. The molecule has 0 aromatic carbocycles. The van der Waals surface area contributed by atoms with E-state index in [-0.39, 0.29) is 17.8 Å². The Labute approximate surface area is 85.6 Å². The maximum atomic E-state index is 8.84. The van der Waals surface area contributed by atoms with E-state index in [0.717, 1.165) is 6.42 Å². The van der Waals surface area contributed by atoms with Crippen LogP contribution in [0.2, 0.25) is 0 Å². The molecule has 0 radical (unpaired) electrons. The second-order valence-electron chi connectivity index (χ2n) is 3.56. The summed E-state index contributed by atoms with van der Waals surface area (Å²) in [4.78, 5) is 0. The number of rotatable bonds is 5. The van der Waals surface area contributed by atoms with Gasteiger partial charge in [-0.15, -0.1) is 0 Å². The molecule has 0 amide bonds. The highest BCUT2D eigenvalue weighted by Gasteiger charge is 2.16. The van der Waals surface area contributed by atoms with Crippen LogP contribution in [0.4, 0.5) is 0 Å². The lowest BCUT2D eigenvalue weighted by Crippen LogP contribution is -2.08. The summed E-state index contributed by atoms with van der Waals surface area (Å²) in [6.45, 7) is 3.74. The fraction of sp³-hybridized carbons (Fsp3) is 0.727. The summed E-state index contributed by atoms with van der Waals surface area (Å²) in [7, 11) is 0. The number of hydrogen-bond acceptors (Lipinski definition) is 3. The minimum Gasteiger partial charge on any atom is -0.198 e. The SMILES string of the molecule is CCC(C#N)CC(C#N)CC(C)C#N. The first-order valence-corrected chi connectivity index (χ1v) is 4.86. The zero-order valence-electron chi connectivity index (χ0n) is 8.70. The Balaban J connectivity index is 4.13. The van der Waals surface area contributed by atoms with Gasteiger partial charge in [-0.25, -0.2) is 0 Å². The highest BCUT2D eigenvalue weighted by Crippen LogP contribution is 2.20. The van der Waals surface area contributed by atoms with Gasteiger partial charge >= 0.3 is 0 Å². The summed E-state index contributed by atoms with van der Waals surface area (Å²) in [5.41, 5.74) is 0. The van der Waals surface area contributed by atoms with Crippen LogP contribution in [-0.4, -0.2) is 0 Å². The van der Waals surface area contributed by atoms with Gasteiger partial charge in [0.15, 0.2) is 0 Å². The summed E-state index contributed by atoms with van der Waals surface area (Å²) in [6, 6.07) is 6.44. The molecule has 3 unspecified atom stereocenters. The molecule has 0 N–H and O–H groups in total. The van der Waals surface area contributed by atoms with Crippen molar-refractivity contribution in [1.82, 2.24) is 0 Å². The van der Waals surface area contributed by atoms with E-state index in [0.29, 0.717) is 12.8 Å². The Morgan fingerprint density at radius 1 is 0.929 bits per heavy atom. The Bertz CT molecular complexity index is 276. The first kappa shape index (κ1) is 12.5. The Hall–Kier alpha value is -1.53. The number of hydrogen-bond donors (Lipinski definition) is 0. The second kappa shape index (κ2) is 6.93. The largest absolute Gasteiger partial charge is 0.198 e. The molecule has 0 fully saturated rings. The molecule has 0 aromatic heterocycles. The maximum Gasteiger partial charge on any atom is 0.0656 e. The molecule has 0 aliphatic rings. The van der Waals surface area contributed by atoms with Crippen molar-refractivity contribution in [2.75, 3.05) is 0 Å². The molecule has 0 aliphatic carbocycles. The molecule has 0 aliphatic heterocycles. The predicted octanol–water partition coefficient (Wildman–Crippen LogP) is 2.62. The van der Waals surface area contributed by atoms with Gasteiger partial charge < -0.3 is 0 Å². The molecule has 0 saturated carbocycles. The van der Waals surface area contributed by atoms with Crippen molar-refractivity contribution in [3.8, 4) is 18.2 Å². The smallest absolute Gasteiger partial charge is 0.0656 e. The molecular weight excluding hydrogens is 174 g/mol. The molecule has 14 heavy (non-hydrogen) atoms. The van der Waals surface area contributed by atoms with Crippen LogP contribution in [0.5, 0.6) is 0 Å². The van der Waals surface area contributed by atoms with Crippen LogP contribution < -0.4 is 0 Å². The third-order valence-corrected chi connectivity index (χ3v) is 2.29. The van der Waals surface area contributed by atoms with Crippen LogP contribution in [0.3, 0.4) is 0 Å². The van der Waals surface area contributed by atoms with Crippen molar-refractivity contribution in [2.24, 2.45) is 17.8 Å². The van der Waals surface area contributed by atoms with Gasteiger partial charge in [0.2, 0.25) is 0 Å². The van der Waals surface area contributed by atoms with E-state index < -0.39 is 0 Å². The highest BCUT2D eigenvalue weighted by molar-refractivity contribution is 4.94. The summed E-state index contributed by atoms with van der Waals surface area (Å²) in [6.07, 6.45) is 1.94. The average molecular weight is 189 g/mol. The van der Waals surface area contributed by atoms with Crippen LogP contribution in [0.1, 0.15) is 33.1 Å². The summed E-state index contributed by atoms with van der Waals surface area (Å²) in [5.74, 6) is -0.310. The second-order valence-corrected chi connectivity index (χ2v) is 3.56. The third-order valence-electron chi connectivity index (χ3n) is 2.29. The van der Waals surface area contributed by atoms with Crippen LogP contribution in [0, 0.1) is 51.7 Å². The van der Waals surface area contributed by atoms with E-state index in [2.05, 4.69) is 18.2 Å². The quantitative estimate of drug-likeness (QED) is 0.667. The van der Waals surface area contributed by atoms with Crippen LogP contribution in [-0.2, 0) is 0 Å². The fourth-order valence-electron chi connectivity index (χ4n) is 1.34. The normalized spacial score (nSPS) is 15.6. The zero-order chi connectivity index (χ0) is 11.0. The monoisotopic (exact) mass is 189 g/mol. The van der Waals surface area contributed by atoms with Crippen molar-refractivity contribution in [2.45, 2.75) is 33.1 Å². The lowest BCUT2D eigenvalue weighted by atomic mass is 9.88. The summed E-state index contributed by atoms with van der Waals surface area (Å²) < 4.78 is 0. The van der Waals surface area contributed by atoms with Crippen molar-refractivity contribution in [3.05, 3.63) is 0 Å². The third kappa shape index (κ3) is 4.48. The summed E-state index contributed by atoms with van der Waals surface area (Å²) in [5, 5.41) is 26.2. The maximum absolute atomic E-state index is 8.84. The summed E-state index contributed by atoms with van der Waals surface area (Å²) >= 11 is 0. The lowest BCUT2D eigenvalue weighted by molar-refractivity contribution is 0.432. The van der Waals surface area contributed by atoms with E-state index in [1.54, 1.807) is 6.92 Å². The van der Waals surface area contributed by atoms with Crippen molar-refractivity contribution >= 4 is 0 Å². The number of nitriles is 3. The van der Waals surface area contributed by atoms with E-state index in [1.165, 1.54) is 0 Å². The van der Waals surface area contributed by atoms with Gasteiger partial charge in [-0.05, 0) is 26.2 Å². The molecule has 3 heteroatoms.